The van der Waals surface area contributed by atoms with Crippen LogP contribution in [0.2, 0.25) is 0 Å². The lowest BCUT2D eigenvalue weighted by Gasteiger charge is -2.33. The van der Waals surface area contributed by atoms with Crippen molar-refractivity contribution in [1.29, 1.82) is 0 Å². The maximum Gasteiger partial charge on any atom is 0.264 e. The highest BCUT2D eigenvalue weighted by molar-refractivity contribution is 7.92. The highest BCUT2D eigenvalue weighted by atomic mass is 32.2. The molecule has 0 aliphatic carbocycles. The van der Waals surface area contributed by atoms with E-state index in [1.54, 1.807) is 31.2 Å². The predicted octanol–water partition coefficient (Wildman–Crippen LogP) is 4.76. The minimum absolute atomic E-state index is 0.00905. The van der Waals surface area contributed by atoms with Gasteiger partial charge in [-0.05, 0) is 101 Å². The van der Waals surface area contributed by atoms with Gasteiger partial charge in [-0.1, -0.05) is 12.1 Å². The van der Waals surface area contributed by atoms with Gasteiger partial charge in [-0.25, -0.2) is 12.8 Å². The Morgan fingerprint density at radius 3 is 2.19 bits per heavy atom. The number of nitrogens with one attached hydrogen (secondary N) is 1. The first kappa shape index (κ1) is 32.4. The first-order chi connectivity index (χ1) is 19.7. The number of hydrogen-bond donors (Lipinski definition) is 1. The van der Waals surface area contributed by atoms with Gasteiger partial charge in [-0.15, -0.1) is 0 Å². The lowest BCUT2D eigenvalue weighted by molar-refractivity contribution is -0.140. The Bertz CT molecular complexity index is 1470. The molecule has 42 heavy (non-hydrogen) atoms. The van der Waals surface area contributed by atoms with Crippen LogP contribution in [0.4, 0.5) is 10.1 Å². The molecular weight excluding hydrogens is 561 g/mol. The van der Waals surface area contributed by atoms with Crippen LogP contribution < -0.4 is 19.1 Å². The Morgan fingerprint density at radius 2 is 1.62 bits per heavy atom. The molecule has 0 bridgehead atoms. The number of ether oxygens (including phenoxy) is 2. The van der Waals surface area contributed by atoms with E-state index in [0.717, 1.165) is 16.4 Å². The summed E-state index contributed by atoms with van der Waals surface area (Å²) in [5.74, 6) is -0.535. The Kier molecular flexibility index (Phi) is 10.6. The topological polar surface area (TPSA) is 105 Å². The van der Waals surface area contributed by atoms with Crippen molar-refractivity contribution in [3.05, 3.63) is 84.2 Å². The van der Waals surface area contributed by atoms with Crippen LogP contribution in [0.3, 0.4) is 0 Å². The normalized spacial score (nSPS) is 12.3. The van der Waals surface area contributed by atoms with Crippen LogP contribution in [0.1, 0.15) is 40.2 Å². The molecule has 0 heterocycles. The molecule has 1 atom stereocenters. The van der Waals surface area contributed by atoms with Crippen molar-refractivity contribution in [3.8, 4) is 11.5 Å². The van der Waals surface area contributed by atoms with Gasteiger partial charge in [-0.2, -0.15) is 0 Å². The number of nitrogens with zero attached hydrogens (tertiary/aromatic N) is 2. The van der Waals surface area contributed by atoms with E-state index in [4.69, 9.17) is 9.47 Å². The maximum atomic E-state index is 14.0. The van der Waals surface area contributed by atoms with Crippen molar-refractivity contribution < 1.29 is 31.9 Å². The van der Waals surface area contributed by atoms with Crippen molar-refractivity contribution in [2.45, 2.75) is 57.6 Å². The second-order valence-corrected chi connectivity index (χ2v) is 12.5. The molecular formula is C31H38FN3O6S. The number of hydrogen-bond acceptors (Lipinski definition) is 6. The monoisotopic (exact) mass is 599 g/mol. The van der Waals surface area contributed by atoms with E-state index in [0.29, 0.717) is 23.7 Å². The fraction of sp³-hybridized carbons (Fsp3) is 0.355. The molecule has 0 spiro atoms. The summed E-state index contributed by atoms with van der Waals surface area (Å²) >= 11 is 0. The van der Waals surface area contributed by atoms with Gasteiger partial charge in [0.15, 0.2) is 0 Å². The molecule has 226 valence electrons. The van der Waals surface area contributed by atoms with Gasteiger partial charge in [-0.3, -0.25) is 13.9 Å². The highest BCUT2D eigenvalue weighted by Gasteiger charge is 2.33. The van der Waals surface area contributed by atoms with Crippen molar-refractivity contribution in [1.82, 2.24) is 10.2 Å². The van der Waals surface area contributed by atoms with Gasteiger partial charge in [0.25, 0.3) is 10.0 Å². The molecule has 11 heteroatoms. The smallest absolute Gasteiger partial charge is 0.264 e. The summed E-state index contributed by atoms with van der Waals surface area (Å²) in [6.45, 7) is 8.65. The van der Waals surface area contributed by atoms with Crippen LogP contribution in [0.25, 0.3) is 0 Å². The minimum atomic E-state index is -4.30. The average molecular weight is 600 g/mol. The number of halogens is 1. The molecule has 0 unspecified atom stereocenters. The Morgan fingerprint density at radius 1 is 0.976 bits per heavy atom. The summed E-state index contributed by atoms with van der Waals surface area (Å²) in [6.07, 6.45) is 0. The maximum absolute atomic E-state index is 14.0. The fourth-order valence-electron chi connectivity index (χ4n) is 4.16. The second-order valence-electron chi connectivity index (χ2n) is 10.7. The number of methoxy groups -OCH3 is 1. The van der Waals surface area contributed by atoms with Gasteiger partial charge in [0.2, 0.25) is 11.8 Å². The van der Waals surface area contributed by atoms with Crippen molar-refractivity contribution >= 4 is 27.5 Å². The van der Waals surface area contributed by atoms with Crippen LogP contribution in [-0.2, 0) is 26.2 Å². The molecule has 0 fully saturated rings. The van der Waals surface area contributed by atoms with E-state index in [1.165, 1.54) is 48.4 Å². The van der Waals surface area contributed by atoms with Gasteiger partial charge < -0.3 is 19.7 Å². The summed E-state index contributed by atoms with van der Waals surface area (Å²) in [7, 11) is -2.78. The molecule has 9 nitrogen and oxygen atoms in total. The highest BCUT2D eigenvalue weighted by Crippen LogP contribution is 2.26. The molecule has 2 amide bonds. The van der Waals surface area contributed by atoms with Crippen molar-refractivity contribution in [3.63, 3.8) is 0 Å². The molecule has 0 aromatic heterocycles. The van der Waals surface area contributed by atoms with Crippen LogP contribution in [0.5, 0.6) is 11.5 Å². The largest absolute Gasteiger partial charge is 0.497 e. The van der Waals surface area contributed by atoms with E-state index in [1.807, 2.05) is 27.7 Å². The standard InChI is InChI=1S/C31H38FN3O6S/c1-7-41-26-15-17-28(18-16-26)42(38,39)35(25-13-11-24(32)12-14-25)21-29(36)34(22(2)30(37)33-31(3,4)5)20-23-9-8-10-27(19-23)40-6/h8-19,22H,7,20-21H2,1-6H3,(H,33,37)/t22-/m0/s1. The van der Waals surface area contributed by atoms with Crippen molar-refractivity contribution in [2.24, 2.45) is 0 Å². The summed E-state index contributed by atoms with van der Waals surface area (Å²) in [6, 6.07) is 16.7. The number of carbonyl (C=O) groups is 2. The third-order valence-electron chi connectivity index (χ3n) is 6.27. The van der Waals surface area contributed by atoms with Gasteiger partial charge in [0, 0.05) is 12.1 Å². The van der Waals surface area contributed by atoms with Gasteiger partial charge >= 0.3 is 0 Å². The summed E-state index contributed by atoms with van der Waals surface area (Å²) < 4.78 is 53.3. The lowest BCUT2D eigenvalue weighted by Crippen LogP contribution is -2.54. The minimum Gasteiger partial charge on any atom is -0.497 e. The zero-order chi connectivity index (χ0) is 31.1. The summed E-state index contributed by atoms with van der Waals surface area (Å²) in [5, 5.41) is 2.88. The number of anilines is 1. The van der Waals surface area contributed by atoms with Crippen molar-refractivity contribution in [2.75, 3.05) is 24.6 Å². The van der Waals surface area contributed by atoms with E-state index in [9.17, 15) is 22.4 Å². The molecule has 0 aliphatic rings. The molecule has 0 saturated heterocycles. The zero-order valence-electron chi connectivity index (χ0n) is 24.8. The first-order valence-electron chi connectivity index (χ1n) is 13.5. The third kappa shape index (κ3) is 8.45. The number of benzene rings is 3. The Hall–Kier alpha value is -4.12. The Balaban J connectivity index is 2.03. The number of carbonyl (C=O) groups excluding carboxylic acids is 2. The van der Waals surface area contributed by atoms with E-state index in [2.05, 4.69) is 5.32 Å². The first-order valence-corrected chi connectivity index (χ1v) is 14.9. The predicted molar refractivity (Wildman–Crippen MR) is 159 cm³/mol. The van der Waals surface area contributed by atoms with E-state index in [-0.39, 0.29) is 17.1 Å². The fourth-order valence-corrected chi connectivity index (χ4v) is 5.58. The van der Waals surface area contributed by atoms with Crippen LogP contribution >= 0.6 is 0 Å². The lowest BCUT2D eigenvalue weighted by atomic mass is 10.1. The summed E-state index contributed by atoms with van der Waals surface area (Å²) in [5.41, 5.74) is 0.209. The zero-order valence-corrected chi connectivity index (χ0v) is 25.6. The van der Waals surface area contributed by atoms with E-state index >= 15 is 0 Å². The van der Waals surface area contributed by atoms with Gasteiger partial charge in [0.05, 0.1) is 24.3 Å². The third-order valence-corrected chi connectivity index (χ3v) is 8.06. The van der Waals surface area contributed by atoms with Crippen LogP contribution in [-0.4, -0.2) is 57.0 Å². The second kappa shape index (κ2) is 13.7. The number of rotatable bonds is 12. The van der Waals surface area contributed by atoms with Crippen LogP contribution in [0.15, 0.2) is 77.7 Å². The average Bonchev–Trinajstić information content (AvgIpc) is 2.94. The van der Waals surface area contributed by atoms with Gasteiger partial charge in [0.1, 0.15) is 29.9 Å². The molecule has 0 radical (unpaired) electrons. The molecule has 3 aromatic rings. The molecule has 3 aromatic carbocycles. The molecule has 0 aliphatic heterocycles. The van der Waals surface area contributed by atoms with E-state index < -0.39 is 45.8 Å². The molecule has 3 rings (SSSR count). The Labute approximate surface area is 247 Å². The molecule has 1 N–H and O–H groups in total. The number of sulfonamides is 1. The van der Waals surface area contributed by atoms with Crippen LogP contribution in [0, 0.1) is 5.82 Å². The summed E-state index contributed by atoms with van der Waals surface area (Å²) in [4.78, 5) is 28.4. The SMILES string of the molecule is CCOc1ccc(S(=O)(=O)N(CC(=O)N(Cc2cccc(OC)c2)[C@@H](C)C(=O)NC(C)(C)C)c2ccc(F)cc2)cc1. The number of amides is 2. The quantitative estimate of drug-likeness (QED) is 0.322. The molecule has 0 saturated carbocycles.